The van der Waals surface area contributed by atoms with Gasteiger partial charge in [0, 0.05) is 24.3 Å². The molecule has 30 heavy (non-hydrogen) atoms. The summed E-state index contributed by atoms with van der Waals surface area (Å²) in [4.78, 5) is 24.2. The predicted octanol–water partition coefficient (Wildman–Crippen LogP) is 4.52. The molecule has 0 radical (unpaired) electrons. The number of carbonyl (C=O) groups excluding carboxylic acids is 2. The molecule has 0 aliphatic carbocycles. The number of alkyl halides is 6. The Hall–Kier alpha value is -3.44. The van der Waals surface area contributed by atoms with Crippen LogP contribution in [0.3, 0.4) is 0 Å². The quantitative estimate of drug-likeness (QED) is 0.526. The van der Waals surface area contributed by atoms with E-state index in [-0.39, 0.29) is 11.6 Å². The minimum Gasteiger partial charge on any atom is -0.382 e. The zero-order chi connectivity index (χ0) is 22.1. The molecule has 6 nitrogen and oxygen atoms in total. The van der Waals surface area contributed by atoms with Crippen LogP contribution >= 0.6 is 0 Å². The molecule has 0 aromatic heterocycles. The lowest BCUT2D eigenvalue weighted by Crippen LogP contribution is -2.34. The molecule has 4 N–H and O–H groups in total. The SMILES string of the molecule is O=C(NC(=O)c1ccc2c(c1)NCCN2)Nc1cc(C(F)(F)F)cc(C(F)(F)F)c1. The van der Waals surface area contributed by atoms with Crippen LogP contribution in [-0.2, 0) is 12.4 Å². The molecule has 0 atom stereocenters. The van der Waals surface area contributed by atoms with Crippen LogP contribution in [0.5, 0.6) is 0 Å². The summed E-state index contributed by atoms with van der Waals surface area (Å²) in [7, 11) is 0. The third kappa shape index (κ3) is 4.93. The molecule has 2 aromatic rings. The van der Waals surface area contributed by atoms with Crippen molar-refractivity contribution in [3.8, 4) is 0 Å². The maximum Gasteiger partial charge on any atom is 0.416 e. The number of fused-ring (bicyclic) bond motifs is 1. The standard InChI is InChI=1S/C18H14F6N4O2/c19-17(20,21)10-6-11(18(22,23)24)8-12(7-10)27-16(30)28-15(29)9-1-2-13-14(5-9)26-4-3-25-13/h1-2,5-8,25-26H,3-4H2,(H2,27,28,29,30). The number of nitrogens with one attached hydrogen (secondary N) is 4. The van der Waals surface area contributed by atoms with Crippen LogP contribution in [-0.4, -0.2) is 25.0 Å². The molecule has 0 saturated carbocycles. The zero-order valence-corrected chi connectivity index (χ0v) is 15.0. The van der Waals surface area contributed by atoms with Crippen molar-refractivity contribution in [3.63, 3.8) is 0 Å². The molecule has 12 heteroatoms. The Balaban J connectivity index is 1.76. The number of anilines is 3. The Kier molecular flexibility index (Phi) is 5.51. The molecule has 0 saturated heterocycles. The largest absolute Gasteiger partial charge is 0.416 e. The van der Waals surface area contributed by atoms with Gasteiger partial charge in [0.2, 0.25) is 0 Å². The molecule has 0 bridgehead atoms. The fourth-order valence-electron chi connectivity index (χ4n) is 2.74. The van der Waals surface area contributed by atoms with Gasteiger partial charge >= 0.3 is 18.4 Å². The van der Waals surface area contributed by atoms with Gasteiger partial charge in [-0.25, -0.2) is 4.79 Å². The van der Waals surface area contributed by atoms with Crippen LogP contribution in [0.25, 0.3) is 0 Å². The van der Waals surface area contributed by atoms with Crippen LogP contribution in [0.4, 0.5) is 48.2 Å². The second kappa shape index (κ2) is 7.76. The first-order chi connectivity index (χ1) is 13.9. The Morgan fingerprint density at radius 3 is 1.93 bits per heavy atom. The molecule has 2 aromatic carbocycles. The van der Waals surface area contributed by atoms with E-state index in [2.05, 4.69) is 10.6 Å². The molecule has 0 spiro atoms. The molecule has 0 unspecified atom stereocenters. The first-order valence-electron chi connectivity index (χ1n) is 8.47. The molecule has 3 rings (SSSR count). The van der Waals surface area contributed by atoms with Gasteiger partial charge in [0.1, 0.15) is 0 Å². The highest BCUT2D eigenvalue weighted by molar-refractivity contribution is 6.08. The number of carbonyl (C=O) groups is 2. The van der Waals surface area contributed by atoms with Crippen molar-refractivity contribution in [2.24, 2.45) is 0 Å². The zero-order valence-electron chi connectivity index (χ0n) is 15.0. The van der Waals surface area contributed by atoms with Crippen molar-refractivity contribution in [1.82, 2.24) is 5.32 Å². The Bertz CT molecular complexity index is 955. The van der Waals surface area contributed by atoms with Gasteiger partial charge < -0.3 is 16.0 Å². The minimum absolute atomic E-state index is 0.0671. The Morgan fingerprint density at radius 2 is 1.37 bits per heavy atom. The van der Waals surface area contributed by atoms with Gasteiger partial charge in [-0.05, 0) is 36.4 Å². The molecule has 1 aliphatic heterocycles. The van der Waals surface area contributed by atoms with Crippen molar-refractivity contribution in [2.75, 3.05) is 29.0 Å². The lowest BCUT2D eigenvalue weighted by Gasteiger charge is -2.20. The van der Waals surface area contributed by atoms with Crippen molar-refractivity contribution in [1.29, 1.82) is 0 Å². The van der Waals surface area contributed by atoms with E-state index in [0.29, 0.717) is 30.9 Å². The van der Waals surface area contributed by atoms with Gasteiger partial charge in [0.05, 0.1) is 22.5 Å². The summed E-state index contributed by atoms with van der Waals surface area (Å²) < 4.78 is 77.3. The summed E-state index contributed by atoms with van der Waals surface area (Å²) in [5.74, 6) is -0.884. The van der Waals surface area contributed by atoms with E-state index in [1.54, 1.807) is 6.07 Å². The van der Waals surface area contributed by atoms with Gasteiger partial charge in [0.25, 0.3) is 5.91 Å². The van der Waals surface area contributed by atoms with E-state index in [0.717, 1.165) is 5.69 Å². The van der Waals surface area contributed by atoms with Crippen LogP contribution < -0.4 is 21.3 Å². The molecule has 1 aliphatic rings. The highest BCUT2D eigenvalue weighted by atomic mass is 19.4. The fourth-order valence-corrected chi connectivity index (χ4v) is 2.74. The second-order valence-corrected chi connectivity index (χ2v) is 6.32. The maximum atomic E-state index is 12.9. The lowest BCUT2D eigenvalue weighted by atomic mass is 10.1. The molecular formula is C18H14F6N4O2. The minimum atomic E-state index is -5.06. The van der Waals surface area contributed by atoms with Gasteiger partial charge in [-0.2, -0.15) is 26.3 Å². The van der Waals surface area contributed by atoms with Crippen LogP contribution in [0, 0.1) is 0 Å². The molecule has 3 amide bonds. The number of urea groups is 1. The topological polar surface area (TPSA) is 82.3 Å². The third-order valence-corrected chi connectivity index (χ3v) is 4.11. The number of benzene rings is 2. The highest BCUT2D eigenvalue weighted by Crippen LogP contribution is 2.37. The van der Waals surface area contributed by atoms with Crippen molar-refractivity contribution in [3.05, 3.63) is 53.1 Å². The first-order valence-corrected chi connectivity index (χ1v) is 8.47. The predicted molar refractivity (Wildman–Crippen MR) is 96.4 cm³/mol. The summed E-state index contributed by atoms with van der Waals surface area (Å²) in [5, 5.41) is 9.81. The maximum absolute atomic E-state index is 12.9. The van der Waals surface area contributed by atoms with Gasteiger partial charge in [-0.15, -0.1) is 0 Å². The van der Waals surface area contributed by atoms with Crippen molar-refractivity contribution < 1.29 is 35.9 Å². The number of halogens is 6. The van der Waals surface area contributed by atoms with E-state index in [9.17, 15) is 35.9 Å². The van der Waals surface area contributed by atoms with Crippen LogP contribution in [0.2, 0.25) is 0 Å². The number of imide groups is 1. The smallest absolute Gasteiger partial charge is 0.382 e. The van der Waals surface area contributed by atoms with Gasteiger partial charge in [-0.1, -0.05) is 0 Å². The molecule has 0 fully saturated rings. The average molecular weight is 432 g/mol. The monoisotopic (exact) mass is 432 g/mol. The summed E-state index contributed by atoms with van der Waals surface area (Å²) in [5.41, 5.74) is -2.52. The molecule has 1 heterocycles. The fraction of sp³-hybridized carbons (Fsp3) is 0.222. The highest BCUT2D eigenvalue weighted by Gasteiger charge is 2.37. The van der Waals surface area contributed by atoms with E-state index < -0.39 is 41.1 Å². The van der Waals surface area contributed by atoms with E-state index in [1.807, 2.05) is 10.6 Å². The number of rotatable bonds is 2. The van der Waals surface area contributed by atoms with Crippen LogP contribution in [0.15, 0.2) is 36.4 Å². The van der Waals surface area contributed by atoms with Gasteiger partial charge in [-0.3, -0.25) is 10.1 Å². The van der Waals surface area contributed by atoms with Crippen molar-refractivity contribution in [2.45, 2.75) is 12.4 Å². The second-order valence-electron chi connectivity index (χ2n) is 6.32. The third-order valence-electron chi connectivity index (χ3n) is 4.11. The lowest BCUT2D eigenvalue weighted by molar-refractivity contribution is -0.143. The average Bonchev–Trinajstić information content (AvgIpc) is 2.65. The van der Waals surface area contributed by atoms with Crippen LogP contribution in [0.1, 0.15) is 21.5 Å². The van der Waals surface area contributed by atoms with E-state index in [4.69, 9.17) is 0 Å². The summed E-state index contributed by atoms with van der Waals surface area (Å²) in [6.07, 6.45) is -10.1. The number of hydrogen-bond donors (Lipinski definition) is 4. The summed E-state index contributed by atoms with van der Waals surface area (Å²) in [6, 6.07) is 3.79. The summed E-state index contributed by atoms with van der Waals surface area (Å²) >= 11 is 0. The molecule has 160 valence electrons. The first kappa shape index (κ1) is 21.3. The van der Waals surface area contributed by atoms with Gasteiger partial charge in [0.15, 0.2) is 0 Å². The Labute approximate surface area is 165 Å². The number of amides is 3. The normalized spacial score (nSPS) is 13.5. The molecular weight excluding hydrogens is 418 g/mol. The number of hydrogen-bond acceptors (Lipinski definition) is 4. The summed E-state index contributed by atoms with van der Waals surface area (Å²) in [6.45, 7) is 1.29. The van der Waals surface area contributed by atoms with E-state index >= 15 is 0 Å². The van der Waals surface area contributed by atoms with Crippen molar-refractivity contribution >= 4 is 29.0 Å². The van der Waals surface area contributed by atoms with E-state index in [1.165, 1.54) is 12.1 Å². The Morgan fingerprint density at radius 1 is 0.800 bits per heavy atom.